The first-order valence-electron chi connectivity index (χ1n) is 9.83. The van der Waals surface area contributed by atoms with Gasteiger partial charge in [-0.15, -0.1) is 0 Å². The Morgan fingerprint density at radius 1 is 1.07 bits per heavy atom. The highest BCUT2D eigenvalue weighted by Crippen LogP contribution is 2.27. The first kappa shape index (κ1) is 18.3. The molecule has 1 aliphatic rings. The van der Waals surface area contributed by atoms with Crippen molar-refractivity contribution in [2.75, 3.05) is 29.9 Å². The SMILES string of the molecule is Cc1cccc(NC(=O)COc2cccc3ccc(N4CCCCC4)nc23)c1. The molecule has 1 amide bonds. The van der Waals surface area contributed by atoms with Gasteiger partial charge < -0.3 is 15.0 Å². The molecule has 2 aromatic carbocycles. The minimum Gasteiger partial charge on any atom is -0.481 e. The van der Waals surface area contributed by atoms with E-state index in [2.05, 4.69) is 22.3 Å². The van der Waals surface area contributed by atoms with Crippen LogP contribution in [0.4, 0.5) is 11.5 Å². The zero-order valence-electron chi connectivity index (χ0n) is 16.1. The molecule has 0 spiro atoms. The summed E-state index contributed by atoms with van der Waals surface area (Å²) in [6.45, 7) is 4.03. The molecule has 1 N–H and O–H groups in total. The fourth-order valence-corrected chi connectivity index (χ4v) is 3.59. The van der Waals surface area contributed by atoms with Crippen molar-refractivity contribution < 1.29 is 9.53 Å². The van der Waals surface area contributed by atoms with Gasteiger partial charge in [0.05, 0.1) is 0 Å². The number of aryl methyl sites for hydroxylation is 1. The maximum atomic E-state index is 12.3. The Morgan fingerprint density at radius 2 is 1.89 bits per heavy atom. The fraction of sp³-hybridized carbons (Fsp3) is 0.304. The van der Waals surface area contributed by atoms with Gasteiger partial charge in [0.15, 0.2) is 6.61 Å². The second-order valence-corrected chi connectivity index (χ2v) is 7.25. The van der Waals surface area contributed by atoms with E-state index in [1.165, 1.54) is 19.3 Å². The van der Waals surface area contributed by atoms with Crippen LogP contribution < -0.4 is 15.0 Å². The molecule has 2 heterocycles. The number of ether oxygens (including phenoxy) is 1. The molecule has 1 aliphatic heterocycles. The van der Waals surface area contributed by atoms with Gasteiger partial charge >= 0.3 is 0 Å². The van der Waals surface area contributed by atoms with E-state index in [-0.39, 0.29) is 12.5 Å². The van der Waals surface area contributed by atoms with Crippen LogP contribution in [0.2, 0.25) is 0 Å². The van der Waals surface area contributed by atoms with Crippen LogP contribution in [-0.4, -0.2) is 30.6 Å². The zero-order valence-corrected chi connectivity index (χ0v) is 16.1. The summed E-state index contributed by atoms with van der Waals surface area (Å²) < 4.78 is 5.83. The highest BCUT2D eigenvalue weighted by Gasteiger charge is 2.14. The molecule has 0 bridgehead atoms. The number of nitrogens with zero attached hydrogens (tertiary/aromatic N) is 2. The van der Waals surface area contributed by atoms with Crippen LogP contribution in [0.5, 0.6) is 5.75 Å². The summed E-state index contributed by atoms with van der Waals surface area (Å²) in [6, 6.07) is 17.7. The molecule has 5 nitrogen and oxygen atoms in total. The minimum atomic E-state index is -0.185. The van der Waals surface area contributed by atoms with Crippen molar-refractivity contribution in [3.05, 3.63) is 60.2 Å². The average molecular weight is 375 g/mol. The number of nitrogens with one attached hydrogen (secondary N) is 1. The Labute approximate surface area is 165 Å². The van der Waals surface area contributed by atoms with E-state index >= 15 is 0 Å². The van der Waals surface area contributed by atoms with Crippen molar-refractivity contribution in [1.29, 1.82) is 0 Å². The first-order valence-corrected chi connectivity index (χ1v) is 9.83. The van der Waals surface area contributed by atoms with Gasteiger partial charge in [-0.2, -0.15) is 0 Å². The number of carbonyl (C=O) groups excluding carboxylic acids is 1. The third kappa shape index (κ3) is 4.25. The normalized spacial score (nSPS) is 14.1. The number of carbonyl (C=O) groups is 1. The average Bonchev–Trinajstić information content (AvgIpc) is 2.72. The summed E-state index contributed by atoms with van der Waals surface area (Å²) in [4.78, 5) is 19.4. The van der Waals surface area contributed by atoms with Crippen molar-refractivity contribution in [2.24, 2.45) is 0 Å². The zero-order chi connectivity index (χ0) is 19.3. The lowest BCUT2D eigenvalue weighted by Crippen LogP contribution is -2.30. The van der Waals surface area contributed by atoms with Crippen LogP contribution in [0.15, 0.2) is 54.6 Å². The molecule has 28 heavy (non-hydrogen) atoms. The van der Waals surface area contributed by atoms with Crippen LogP contribution in [0, 0.1) is 6.92 Å². The summed E-state index contributed by atoms with van der Waals surface area (Å²) in [6.07, 6.45) is 3.70. The number of piperidine rings is 1. The topological polar surface area (TPSA) is 54.5 Å². The molecule has 3 aromatic rings. The van der Waals surface area contributed by atoms with Crippen molar-refractivity contribution in [3.63, 3.8) is 0 Å². The predicted molar refractivity (Wildman–Crippen MR) is 113 cm³/mol. The largest absolute Gasteiger partial charge is 0.481 e. The molecule has 144 valence electrons. The first-order chi connectivity index (χ1) is 13.7. The molecular weight excluding hydrogens is 350 g/mol. The molecule has 0 radical (unpaired) electrons. The number of pyridine rings is 1. The smallest absolute Gasteiger partial charge is 0.262 e. The summed E-state index contributed by atoms with van der Waals surface area (Å²) in [5.74, 6) is 1.43. The predicted octanol–water partition coefficient (Wildman–Crippen LogP) is 4.55. The van der Waals surface area contributed by atoms with Gasteiger partial charge in [0.2, 0.25) is 0 Å². The lowest BCUT2D eigenvalue weighted by molar-refractivity contribution is -0.118. The molecule has 0 aliphatic carbocycles. The Morgan fingerprint density at radius 3 is 2.71 bits per heavy atom. The van der Waals surface area contributed by atoms with Crippen molar-refractivity contribution in [1.82, 2.24) is 4.98 Å². The number of rotatable bonds is 5. The van der Waals surface area contributed by atoms with Crippen LogP contribution in [0.25, 0.3) is 10.9 Å². The molecule has 0 atom stereocenters. The Hall–Kier alpha value is -3.08. The number of anilines is 2. The molecular formula is C23H25N3O2. The molecule has 0 unspecified atom stereocenters. The monoisotopic (exact) mass is 375 g/mol. The van der Waals surface area contributed by atoms with E-state index in [0.29, 0.717) is 5.75 Å². The number of hydrogen-bond donors (Lipinski definition) is 1. The molecule has 1 aromatic heterocycles. The van der Waals surface area contributed by atoms with E-state index in [9.17, 15) is 4.79 Å². The number of para-hydroxylation sites is 1. The van der Waals surface area contributed by atoms with Crippen LogP contribution in [0.1, 0.15) is 24.8 Å². The molecule has 5 heteroatoms. The second-order valence-electron chi connectivity index (χ2n) is 7.25. The van der Waals surface area contributed by atoms with Crippen LogP contribution >= 0.6 is 0 Å². The number of amides is 1. The third-order valence-electron chi connectivity index (χ3n) is 5.01. The van der Waals surface area contributed by atoms with Gasteiger partial charge in [0.1, 0.15) is 17.1 Å². The van der Waals surface area contributed by atoms with Crippen LogP contribution in [-0.2, 0) is 4.79 Å². The van der Waals surface area contributed by atoms with Crippen molar-refractivity contribution >= 4 is 28.3 Å². The highest BCUT2D eigenvalue weighted by atomic mass is 16.5. The molecule has 0 saturated carbocycles. The number of fused-ring (bicyclic) bond motifs is 1. The molecule has 1 saturated heterocycles. The fourth-order valence-electron chi connectivity index (χ4n) is 3.59. The maximum absolute atomic E-state index is 12.3. The van der Waals surface area contributed by atoms with E-state index in [0.717, 1.165) is 41.1 Å². The number of aromatic nitrogens is 1. The summed E-state index contributed by atoms with van der Waals surface area (Å²) in [5, 5.41) is 3.88. The summed E-state index contributed by atoms with van der Waals surface area (Å²) in [7, 11) is 0. The Balaban J connectivity index is 1.48. The Bertz CT molecular complexity index is 980. The maximum Gasteiger partial charge on any atom is 0.262 e. The third-order valence-corrected chi connectivity index (χ3v) is 5.01. The van der Waals surface area contributed by atoms with Gasteiger partial charge in [-0.25, -0.2) is 4.98 Å². The van der Waals surface area contributed by atoms with Gasteiger partial charge in [-0.3, -0.25) is 4.79 Å². The quantitative estimate of drug-likeness (QED) is 0.711. The van der Waals surface area contributed by atoms with Gasteiger partial charge in [0.25, 0.3) is 5.91 Å². The molecule has 4 rings (SSSR count). The lowest BCUT2D eigenvalue weighted by atomic mass is 10.1. The summed E-state index contributed by atoms with van der Waals surface area (Å²) >= 11 is 0. The highest BCUT2D eigenvalue weighted by molar-refractivity contribution is 5.92. The van der Waals surface area contributed by atoms with Crippen molar-refractivity contribution in [3.8, 4) is 5.75 Å². The van der Waals surface area contributed by atoms with E-state index in [1.807, 2.05) is 49.4 Å². The minimum absolute atomic E-state index is 0.0529. The van der Waals surface area contributed by atoms with E-state index in [4.69, 9.17) is 9.72 Å². The van der Waals surface area contributed by atoms with E-state index < -0.39 is 0 Å². The van der Waals surface area contributed by atoms with Crippen LogP contribution in [0.3, 0.4) is 0 Å². The van der Waals surface area contributed by atoms with E-state index in [1.54, 1.807) is 0 Å². The lowest BCUT2D eigenvalue weighted by Gasteiger charge is -2.28. The van der Waals surface area contributed by atoms with Gasteiger partial charge in [-0.05, 0) is 62.1 Å². The molecule has 1 fully saturated rings. The van der Waals surface area contributed by atoms with Gasteiger partial charge in [-0.1, -0.05) is 24.3 Å². The van der Waals surface area contributed by atoms with Gasteiger partial charge in [0, 0.05) is 24.2 Å². The standard InChI is InChI=1S/C23H25N3O2/c1-17-7-5-9-19(15-17)24-22(27)16-28-20-10-6-8-18-11-12-21(25-23(18)20)26-13-3-2-4-14-26/h5-12,15H,2-4,13-14,16H2,1H3,(H,24,27). The number of benzene rings is 2. The second kappa shape index (κ2) is 8.30. The summed E-state index contributed by atoms with van der Waals surface area (Å²) in [5.41, 5.74) is 2.67. The van der Waals surface area contributed by atoms with Crippen molar-refractivity contribution in [2.45, 2.75) is 26.2 Å². The number of hydrogen-bond acceptors (Lipinski definition) is 4. The Kier molecular flexibility index (Phi) is 5.42.